The quantitative estimate of drug-likeness (QED) is 0.106. The van der Waals surface area contributed by atoms with Crippen LogP contribution in [0.3, 0.4) is 0 Å². The van der Waals surface area contributed by atoms with Crippen LogP contribution in [0, 0.1) is 0 Å². The maximum absolute atomic E-state index is 11.8. The molecule has 1 aliphatic carbocycles. The lowest BCUT2D eigenvalue weighted by Gasteiger charge is -2.16. The topological polar surface area (TPSA) is 97.5 Å². The molecular weight excluding hydrogens is 794 g/mol. The maximum Gasteiger partial charge on any atom is 0.234 e. The van der Waals surface area contributed by atoms with Crippen LogP contribution in [0.5, 0.6) is 0 Å². The number of rotatable bonds is 2. The van der Waals surface area contributed by atoms with Gasteiger partial charge in [0.1, 0.15) is 11.8 Å². The first kappa shape index (κ1) is 38.7. The van der Waals surface area contributed by atoms with E-state index in [1.54, 1.807) is 43.3 Å². The van der Waals surface area contributed by atoms with E-state index in [2.05, 4.69) is 68.3 Å². The highest BCUT2D eigenvalue weighted by atomic mass is 79.9. The fourth-order valence-corrected chi connectivity index (χ4v) is 6.39. The van der Waals surface area contributed by atoms with Gasteiger partial charge in [0.05, 0.1) is 0 Å². The Morgan fingerprint density at radius 1 is 0.585 bits per heavy atom. The largest absolute Gasteiger partial charge is 0.435 e. The fraction of sp³-hybridized carbons (Fsp3) is 0.0667. The van der Waals surface area contributed by atoms with E-state index in [0.717, 1.165) is 53.8 Å². The summed E-state index contributed by atoms with van der Waals surface area (Å²) in [5.41, 5.74) is 6.16. The number of aldehydes is 1. The van der Waals surface area contributed by atoms with Gasteiger partial charge in [0.25, 0.3) is 0 Å². The van der Waals surface area contributed by atoms with Gasteiger partial charge in [-0.15, -0.1) is 0 Å². The van der Waals surface area contributed by atoms with E-state index in [1.165, 1.54) is 10.8 Å². The molecule has 0 radical (unpaired) electrons. The average molecular weight is 830 g/mol. The zero-order valence-electron chi connectivity index (χ0n) is 27.9. The lowest BCUT2D eigenvalue weighted by molar-refractivity contribution is 0.0815. The third-order valence-corrected chi connectivity index (χ3v) is 9.27. The molecule has 8 aromatic rings. The van der Waals surface area contributed by atoms with Gasteiger partial charge in [-0.3, -0.25) is 14.4 Å². The first-order valence-corrected chi connectivity index (χ1v) is 18.0. The summed E-state index contributed by atoms with van der Waals surface area (Å²) >= 11 is 6.73. The number of aliphatic hydroxyl groups is 1. The van der Waals surface area contributed by atoms with Crippen molar-refractivity contribution in [1.29, 1.82) is 0 Å². The summed E-state index contributed by atoms with van der Waals surface area (Å²) in [4.78, 5) is 38.6. The molecule has 0 spiro atoms. The van der Waals surface area contributed by atoms with E-state index >= 15 is 0 Å². The van der Waals surface area contributed by atoms with Crippen LogP contribution >= 0.6 is 31.9 Å². The van der Waals surface area contributed by atoms with Crippen LogP contribution in [0.15, 0.2) is 159 Å². The molecule has 264 valence electrons. The van der Waals surface area contributed by atoms with Gasteiger partial charge in [-0.25, -0.2) is 4.98 Å². The van der Waals surface area contributed by atoms with E-state index in [-0.39, 0.29) is 14.0 Å². The minimum Gasteiger partial charge on any atom is -0.435 e. The van der Waals surface area contributed by atoms with Gasteiger partial charge in [-0.05, 0) is 65.2 Å². The predicted molar refractivity (Wildman–Crippen MR) is 222 cm³/mol. The number of nitrogens with zero attached hydrogens (tertiary/aromatic N) is 1. The SMILES string of the molecule is Brc1ccc(-c2nc3c4ccccc4c4ccccc4c3o2)cc1.C.CCO.O=C1C(=O)c2ccccc2-c2ccccc21.O=Cc1ccc(Br)cc1. The van der Waals surface area contributed by atoms with E-state index in [0.29, 0.717) is 22.6 Å². The number of aliphatic hydroxyl groups excluding tert-OH is 1. The standard InChI is InChI=1S/C21H12BrNO.C14H8O2.C7H5BrO.C2H6O.CH4/c22-14-11-9-13(10-12-14)21-23-19-17-7-3-1-5-15(17)16-6-2-4-8-18(16)20(19)24-21;15-13-11-7-3-1-5-9(11)10-6-2-4-8-12(10)14(13)16;8-7-3-1-6(5-9)2-4-7;1-2-3;/h1-12H;1-8H;1-5H;3H,2H2,1H3;1H4. The fourth-order valence-electron chi connectivity index (χ4n) is 5.86. The van der Waals surface area contributed by atoms with Gasteiger partial charge >= 0.3 is 0 Å². The Morgan fingerprint density at radius 2 is 0.981 bits per heavy atom. The molecule has 0 bridgehead atoms. The third-order valence-electron chi connectivity index (χ3n) is 8.21. The van der Waals surface area contributed by atoms with Gasteiger partial charge in [-0.2, -0.15) is 0 Å². The molecule has 0 saturated carbocycles. The summed E-state index contributed by atoms with van der Waals surface area (Å²) in [6, 6.07) is 46.4. The van der Waals surface area contributed by atoms with E-state index < -0.39 is 11.6 Å². The Balaban J connectivity index is 0.000000161. The van der Waals surface area contributed by atoms with E-state index in [4.69, 9.17) is 14.5 Å². The average Bonchev–Trinajstić information content (AvgIpc) is 3.65. The predicted octanol–water partition coefficient (Wildman–Crippen LogP) is 12.2. The number of benzene rings is 7. The Hall–Kier alpha value is -5.54. The Morgan fingerprint density at radius 3 is 1.47 bits per heavy atom. The number of halogens is 2. The molecule has 0 aliphatic heterocycles. The van der Waals surface area contributed by atoms with Gasteiger partial charge in [0, 0.05) is 48.6 Å². The van der Waals surface area contributed by atoms with Crippen molar-refractivity contribution < 1.29 is 23.9 Å². The third kappa shape index (κ3) is 8.42. The molecule has 0 amide bonds. The van der Waals surface area contributed by atoms with Crippen molar-refractivity contribution in [3.8, 4) is 22.6 Å². The summed E-state index contributed by atoms with van der Waals surface area (Å²) in [6.45, 7) is 1.93. The van der Waals surface area contributed by atoms with Crippen LogP contribution in [0.4, 0.5) is 0 Å². The van der Waals surface area contributed by atoms with Crippen molar-refractivity contribution in [3.05, 3.63) is 171 Å². The molecule has 0 atom stereocenters. The first-order valence-electron chi connectivity index (χ1n) is 16.4. The van der Waals surface area contributed by atoms with Crippen LogP contribution in [-0.4, -0.2) is 34.6 Å². The maximum atomic E-state index is 11.8. The van der Waals surface area contributed by atoms with Crippen LogP contribution in [0.25, 0.3) is 55.2 Å². The summed E-state index contributed by atoms with van der Waals surface area (Å²) in [6.07, 6.45) is 0.826. The summed E-state index contributed by atoms with van der Waals surface area (Å²) in [5.74, 6) is -0.164. The molecule has 1 aliphatic rings. The number of Topliss-reactive ketones (excluding diaryl/α,β-unsaturated/α-hetero) is 2. The minimum absolute atomic E-state index is 0. The molecular formula is C45H35Br2NO5. The number of ketones is 2. The number of carbonyl (C=O) groups excluding carboxylic acids is 3. The number of oxazole rings is 1. The van der Waals surface area contributed by atoms with Gasteiger partial charge in [0.2, 0.25) is 17.5 Å². The smallest absolute Gasteiger partial charge is 0.234 e. The Bertz CT molecular complexity index is 2410. The molecule has 1 aromatic heterocycles. The highest BCUT2D eigenvalue weighted by molar-refractivity contribution is 9.10. The molecule has 53 heavy (non-hydrogen) atoms. The number of hydrogen-bond donors (Lipinski definition) is 1. The lowest BCUT2D eigenvalue weighted by atomic mass is 9.84. The first-order chi connectivity index (χ1) is 25.3. The van der Waals surface area contributed by atoms with Crippen molar-refractivity contribution >= 4 is 82.4 Å². The van der Waals surface area contributed by atoms with Gasteiger partial charge < -0.3 is 9.52 Å². The highest BCUT2D eigenvalue weighted by Gasteiger charge is 2.29. The normalized spacial score (nSPS) is 11.1. The molecule has 8 heteroatoms. The van der Waals surface area contributed by atoms with Crippen molar-refractivity contribution in [1.82, 2.24) is 4.98 Å². The van der Waals surface area contributed by atoms with E-state index in [9.17, 15) is 14.4 Å². The number of aromatic nitrogens is 1. The second kappa shape index (κ2) is 17.8. The summed E-state index contributed by atoms with van der Waals surface area (Å²) in [7, 11) is 0. The molecule has 6 nitrogen and oxygen atoms in total. The minimum atomic E-state index is -0.408. The Kier molecular flexibility index (Phi) is 13.0. The second-order valence-corrected chi connectivity index (χ2v) is 13.4. The van der Waals surface area contributed by atoms with Crippen LogP contribution < -0.4 is 0 Å². The van der Waals surface area contributed by atoms with Crippen molar-refractivity contribution in [2.24, 2.45) is 0 Å². The molecule has 1 heterocycles. The molecule has 0 saturated heterocycles. The molecule has 9 rings (SSSR count). The van der Waals surface area contributed by atoms with Crippen LogP contribution in [0.2, 0.25) is 0 Å². The molecule has 0 fully saturated rings. The second-order valence-electron chi connectivity index (χ2n) is 11.5. The monoisotopic (exact) mass is 827 g/mol. The van der Waals surface area contributed by atoms with Crippen molar-refractivity contribution in [2.45, 2.75) is 14.4 Å². The molecule has 1 N–H and O–H groups in total. The number of carbonyl (C=O) groups is 3. The summed E-state index contributed by atoms with van der Waals surface area (Å²) < 4.78 is 8.22. The van der Waals surface area contributed by atoms with E-state index in [1.807, 2.05) is 72.8 Å². The number of fused-ring (bicyclic) bond motifs is 9. The van der Waals surface area contributed by atoms with Crippen LogP contribution in [0.1, 0.15) is 45.4 Å². The van der Waals surface area contributed by atoms with Crippen molar-refractivity contribution in [2.75, 3.05) is 6.61 Å². The zero-order valence-corrected chi connectivity index (χ0v) is 31.1. The van der Waals surface area contributed by atoms with Crippen molar-refractivity contribution in [3.63, 3.8) is 0 Å². The summed E-state index contributed by atoms with van der Waals surface area (Å²) in [5, 5.41) is 12.2. The highest BCUT2D eigenvalue weighted by Crippen LogP contribution is 2.37. The number of hydrogen-bond acceptors (Lipinski definition) is 6. The zero-order chi connectivity index (χ0) is 36.6. The lowest BCUT2D eigenvalue weighted by Crippen LogP contribution is -2.20. The van der Waals surface area contributed by atoms with Gasteiger partial charge in [0.15, 0.2) is 5.58 Å². The van der Waals surface area contributed by atoms with Gasteiger partial charge in [-0.1, -0.05) is 148 Å². The Labute approximate surface area is 324 Å². The molecule has 0 unspecified atom stereocenters. The van der Waals surface area contributed by atoms with Crippen LogP contribution in [-0.2, 0) is 0 Å². The molecule has 7 aromatic carbocycles.